The number of allylic oxidation sites excluding steroid dienone is 1. The summed E-state index contributed by atoms with van der Waals surface area (Å²) in [7, 11) is 0. The minimum Gasteiger partial charge on any atom is -0.383 e. The molecule has 3 heteroatoms. The predicted molar refractivity (Wildman–Crippen MR) is 76.2 cm³/mol. The Kier molecular flexibility index (Phi) is 2.45. The quantitative estimate of drug-likeness (QED) is 0.658. The first kappa shape index (κ1) is 10.7. The summed E-state index contributed by atoms with van der Waals surface area (Å²) in [5, 5.41) is 2.19. The maximum absolute atomic E-state index is 5.93. The number of rotatable bonds is 1. The van der Waals surface area contributed by atoms with Crippen LogP contribution in [0, 0.1) is 0 Å². The molecule has 0 aliphatic carbocycles. The molecule has 0 bridgehead atoms. The third-order valence-electron chi connectivity index (χ3n) is 2.98. The molecule has 0 amide bonds. The lowest BCUT2D eigenvalue weighted by Crippen LogP contribution is -1.95. The highest BCUT2D eigenvalue weighted by molar-refractivity contribution is 6.05. The van der Waals surface area contributed by atoms with Crippen LogP contribution in [0.5, 0.6) is 0 Å². The molecule has 3 nitrogen and oxygen atoms in total. The van der Waals surface area contributed by atoms with Gasteiger partial charge in [-0.15, -0.1) is 0 Å². The third-order valence-corrected chi connectivity index (χ3v) is 2.98. The van der Waals surface area contributed by atoms with Crippen molar-refractivity contribution in [2.24, 2.45) is 0 Å². The van der Waals surface area contributed by atoms with Gasteiger partial charge in [-0.25, -0.2) is 4.98 Å². The number of para-hydroxylation sites is 1. The number of fused-ring (bicyclic) bond motifs is 3. The first-order valence-corrected chi connectivity index (χ1v) is 5.86. The molecule has 2 aromatic heterocycles. The van der Waals surface area contributed by atoms with E-state index in [1.807, 2.05) is 37.3 Å². The van der Waals surface area contributed by atoms with Crippen molar-refractivity contribution in [2.45, 2.75) is 6.92 Å². The second-order valence-electron chi connectivity index (χ2n) is 4.17. The molecule has 0 saturated heterocycles. The smallest absolute Gasteiger partial charge is 0.131 e. The number of aromatic nitrogens is 2. The zero-order chi connectivity index (χ0) is 12.5. The Morgan fingerprint density at radius 3 is 2.78 bits per heavy atom. The third kappa shape index (κ3) is 1.61. The van der Waals surface area contributed by atoms with Crippen molar-refractivity contribution in [1.29, 1.82) is 0 Å². The number of hydrogen-bond acceptors (Lipinski definition) is 3. The molecule has 0 aliphatic rings. The highest BCUT2D eigenvalue weighted by Gasteiger charge is 2.05. The van der Waals surface area contributed by atoms with Gasteiger partial charge in [0.25, 0.3) is 0 Å². The topological polar surface area (TPSA) is 51.8 Å². The van der Waals surface area contributed by atoms with Crippen LogP contribution in [0.25, 0.3) is 27.9 Å². The van der Waals surface area contributed by atoms with Gasteiger partial charge in [-0.1, -0.05) is 30.4 Å². The molecule has 3 rings (SSSR count). The van der Waals surface area contributed by atoms with E-state index in [1.165, 1.54) is 0 Å². The molecule has 3 aromatic rings. The van der Waals surface area contributed by atoms with Crippen molar-refractivity contribution in [3.63, 3.8) is 0 Å². The van der Waals surface area contributed by atoms with Gasteiger partial charge in [0.15, 0.2) is 0 Å². The highest BCUT2D eigenvalue weighted by Crippen LogP contribution is 2.25. The van der Waals surface area contributed by atoms with Gasteiger partial charge in [-0.2, -0.15) is 0 Å². The van der Waals surface area contributed by atoms with Gasteiger partial charge in [-0.3, -0.25) is 4.98 Å². The van der Waals surface area contributed by atoms with E-state index in [0.29, 0.717) is 5.82 Å². The second-order valence-corrected chi connectivity index (χ2v) is 4.17. The number of anilines is 1. The molecule has 18 heavy (non-hydrogen) atoms. The SMILES string of the molecule is C/C=C/c1cc2c(cnc3ccccc32)nc1N. The molecule has 0 aliphatic heterocycles. The summed E-state index contributed by atoms with van der Waals surface area (Å²) in [4.78, 5) is 8.80. The Balaban J connectivity index is 2.45. The van der Waals surface area contributed by atoms with Crippen molar-refractivity contribution >= 4 is 33.7 Å². The van der Waals surface area contributed by atoms with Crippen LogP contribution < -0.4 is 5.73 Å². The number of nitrogens with zero attached hydrogens (tertiary/aromatic N) is 2. The lowest BCUT2D eigenvalue weighted by atomic mass is 10.1. The van der Waals surface area contributed by atoms with Gasteiger partial charge in [-0.05, 0) is 19.1 Å². The van der Waals surface area contributed by atoms with E-state index in [0.717, 1.165) is 27.4 Å². The second kappa shape index (κ2) is 4.11. The van der Waals surface area contributed by atoms with Gasteiger partial charge in [0, 0.05) is 16.3 Å². The van der Waals surface area contributed by atoms with E-state index < -0.39 is 0 Å². The molecule has 1 aromatic carbocycles. The van der Waals surface area contributed by atoms with E-state index in [4.69, 9.17) is 5.73 Å². The van der Waals surface area contributed by atoms with Crippen molar-refractivity contribution in [1.82, 2.24) is 9.97 Å². The minimum absolute atomic E-state index is 0.540. The van der Waals surface area contributed by atoms with Crippen LogP contribution in [0.4, 0.5) is 5.82 Å². The van der Waals surface area contributed by atoms with Crippen molar-refractivity contribution in [2.75, 3.05) is 5.73 Å². The summed E-state index contributed by atoms with van der Waals surface area (Å²) in [6.07, 6.45) is 5.70. The largest absolute Gasteiger partial charge is 0.383 e. The number of nitrogen functional groups attached to an aromatic ring is 1. The number of pyridine rings is 2. The summed E-state index contributed by atoms with van der Waals surface area (Å²) < 4.78 is 0. The highest BCUT2D eigenvalue weighted by atomic mass is 14.8. The molecule has 0 radical (unpaired) electrons. The number of benzene rings is 1. The summed E-state index contributed by atoms with van der Waals surface area (Å²) in [5.41, 5.74) is 8.68. The predicted octanol–water partition coefficient (Wildman–Crippen LogP) is 3.40. The van der Waals surface area contributed by atoms with Gasteiger partial charge >= 0.3 is 0 Å². The number of hydrogen-bond donors (Lipinski definition) is 1. The van der Waals surface area contributed by atoms with Crippen LogP contribution in [0.2, 0.25) is 0 Å². The van der Waals surface area contributed by atoms with E-state index in [-0.39, 0.29) is 0 Å². The molecule has 0 fully saturated rings. The van der Waals surface area contributed by atoms with Gasteiger partial charge < -0.3 is 5.73 Å². The minimum atomic E-state index is 0.540. The molecule has 2 N–H and O–H groups in total. The van der Waals surface area contributed by atoms with Crippen LogP contribution in [-0.2, 0) is 0 Å². The molecule has 0 spiro atoms. The molecule has 0 atom stereocenters. The van der Waals surface area contributed by atoms with E-state index in [2.05, 4.69) is 22.1 Å². The first-order valence-electron chi connectivity index (χ1n) is 5.86. The Bertz CT molecular complexity index is 760. The summed E-state index contributed by atoms with van der Waals surface area (Å²) >= 11 is 0. The van der Waals surface area contributed by atoms with Gasteiger partial charge in [0.1, 0.15) is 5.82 Å². The van der Waals surface area contributed by atoms with E-state index in [9.17, 15) is 0 Å². The standard InChI is InChI=1S/C15H13N3/c1-2-5-10-8-12-11-6-3-4-7-13(11)17-9-14(12)18-15(10)16/h2-9H,1H3,(H2,16,18)/b5-2+. The van der Waals surface area contributed by atoms with Crippen LogP contribution in [0.15, 0.2) is 42.6 Å². The Labute approximate surface area is 105 Å². The lowest BCUT2D eigenvalue weighted by molar-refractivity contribution is 1.35. The number of nitrogens with two attached hydrogens (primary N) is 1. The fourth-order valence-electron chi connectivity index (χ4n) is 2.13. The molecule has 2 heterocycles. The van der Waals surface area contributed by atoms with E-state index >= 15 is 0 Å². The van der Waals surface area contributed by atoms with Crippen molar-refractivity contribution in [3.8, 4) is 0 Å². The fourth-order valence-corrected chi connectivity index (χ4v) is 2.13. The zero-order valence-electron chi connectivity index (χ0n) is 10.1. The van der Waals surface area contributed by atoms with Gasteiger partial charge in [0.2, 0.25) is 0 Å². The molecule has 88 valence electrons. The Morgan fingerprint density at radius 1 is 1.11 bits per heavy atom. The van der Waals surface area contributed by atoms with Crippen molar-refractivity contribution < 1.29 is 0 Å². The molecular formula is C15H13N3. The van der Waals surface area contributed by atoms with Gasteiger partial charge in [0.05, 0.1) is 17.2 Å². The average molecular weight is 235 g/mol. The first-order chi connectivity index (χ1) is 8.79. The monoisotopic (exact) mass is 235 g/mol. The van der Waals surface area contributed by atoms with Crippen LogP contribution in [0.3, 0.4) is 0 Å². The fraction of sp³-hybridized carbons (Fsp3) is 0.0667. The summed E-state index contributed by atoms with van der Waals surface area (Å²) in [6, 6.07) is 10.1. The maximum Gasteiger partial charge on any atom is 0.131 e. The van der Waals surface area contributed by atoms with Crippen LogP contribution >= 0.6 is 0 Å². The Morgan fingerprint density at radius 2 is 1.94 bits per heavy atom. The normalized spacial score (nSPS) is 11.6. The summed E-state index contributed by atoms with van der Waals surface area (Å²) in [5.74, 6) is 0.540. The van der Waals surface area contributed by atoms with E-state index in [1.54, 1.807) is 6.20 Å². The zero-order valence-corrected chi connectivity index (χ0v) is 10.1. The molecule has 0 unspecified atom stereocenters. The summed E-state index contributed by atoms with van der Waals surface area (Å²) in [6.45, 7) is 1.97. The molecular weight excluding hydrogens is 222 g/mol. The van der Waals surface area contributed by atoms with Crippen molar-refractivity contribution in [3.05, 3.63) is 48.2 Å². The van der Waals surface area contributed by atoms with Crippen LogP contribution in [-0.4, -0.2) is 9.97 Å². The average Bonchev–Trinajstić information content (AvgIpc) is 2.40. The maximum atomic E-state index is 5.93. The molecule has 0 saturated carbocycles. The lowest BCUT2D eigenvalue weighted by Gasteiger charge is -2.06. The Hall–Kier alpha value is -2.42. The van der Waals surface area contributed by atoms with Crippen LogP contribution in [0.1, 0.15) is 12.5 Å².